The van der Waals surface area contributed by atoms with Gasteiger partial charge in [-0.1, -0.05) is 25.1 Å². The number of para-hydroxylation sites is 1. The van der Waals surface area contributed by atoms with Crippen LogP contribution in [0.5, 0.6) is 5.75 Å². The smallest absolute Gasteiger partial charge is 0.347 e. The van der Waals surface area contributed by atoms with Crippen molar-refractivity contribution < 1.29 is 23.5 Å². The van der Waals surface area contributed by atoms with Crippen LogP contribution in [0.1, 0.15) is 25.0 Å². The lowest BCUT2D eigenvalue weighted by Gasteiger charge is -2.15. The number of carbonyl (C=O) groups excluding carboxylic acids is 2. The van der Waals surface area contributed by atoms with Crippen LogP contribution >= 0.6 is 0 Å². The van der Waals surface area contributed by atoms with E-state index in [9.17, 15) is 14.0 Å². The Morgan fingerprint density at radius 2 is 1.85 bits per heavy atom. The van der Waals surface area contributed by atoms with Gasteiger partial charge < -0.3 is 14.8 Å². The van der Waals surface area contributed by atoms with Gasteiger partial charge in [-0.25, -0.2) is 9.18 Å². The SMILES string of the molecule is CCc1cccc(C)c1NC(=O)COC(=O)[C@H](C)Oc1ccc(F)cc1. The van der Waals surface area contributed by atoms with E-state index < -0.39 is 30.4 Å². The van der Waals surface area contributed by atoms with Crippen molar-refractivity contribution >= 4 is 17.6 Å². The molecule has 0 aromatic heterocycles. The van der Waals surface area contributed by atoms with Crippen LogP contribution in [0.15, 0.2) is 42.5 Å². The van der Waals surface area contributed by atoms with Crippen LogP contribution in [0.4, 0.5) is 10.1 Å². The number of carbonyl (C=O) groups is 2. The molecule has 0 saturated carbocycles. The highest BCUT2D eigenvalue weighted by atomic mass is 19.1. The molecule has 0 unspecified atom stereocenters. The molecule has 1 atom stereocenters. The molecule has 5 nitrogen and oxygen atoms in total. The van der Waals surface area contributed by atoms with Crippen molar-refractivity contribution in [1.29, 1.82) is 0 Å². The van der Waals surface area contributed by atoms with E-state index in [4.69, 9.17) is 9.47 Å². The summed E-state index contributed by atoms with van der Waals surface area (Å²) in [6.45, 7) is 4.99. The Kier molecular flexibility index (Phi) is 6.72. The molecule has 2 aromatic carbocycles. The van der Waals surface area contributed by atoms with Gasteiger partial charge in [0.15, 0.2) is 12.7 Å². The fourth-order valence-electron chi connectivity index (χ4n) is 2.40. The third-order valence-corrected chi connectivity index (χ3v) is 3.81. The first-order chi connectivity index (χ1) is 12.4. The van der Waals surface area contributed by atoms with Crippen molar-refractivity contribution in [3.8, 4) is 5.75 Å². The van der Waals surface area contributed by atoms with Gasteiger partial charge >= 0.3 is 5.97 Å². The number of halogens is 1. The highest BCUT2D eigenvalue weighted by Gasteiger charge is 2.18. The molecule has 2 aromatic rings. The van der Waals surface area contributed by atoms with E-state index in [2.05, 4.69) is 5.32 Å². The van der Waals surface area contributed by atoms with Crippen LogP contribution in [0.2, 0.25) is 0 Å². The van der Waals surface area contributed by atoms with Gasteiger partial charge in [-0.3, -0.25) is 4.79 Å². The maximum Gasteiger partial charge on any atom is 0.347 e. The van der Waals surface area contributed by atoms with Crippen molar-refractivity contribution in [3.05, 3.63) is 59.4 Å². The Labute approximate surface area is 152 Å². The fourth-order valence-corrected chi connectivity index (χ4v) is 2.40. The Balaban J connectivity index is 1.86. The van der Waals surface area contributed by atoms with Crippen LogP contribution in [0, 0.1) is 12.7 Å². The minimum atomic E-state index is -0.919. The van der Waals surface area contributed by atoms with Crippen LogP contribution in [-0.4, -0.2) is 24.6 Å². The highest BCUT2D eigenvalue weighted by molar-refractivity contribution is 5.94. The lowest BCUT2D eigenvalue weighted by molar-refractivity contribution is -0.153. The summed E-state index contributed by atoms with van der Waals surface area (Å²) in [5.41, 5.74) is 2.70. The maximum absolute atomic E-state index is 12.9. The molecule has 0 aliphatic carbocycles. The predicted molar refractivity (Wildman–Crippen MR) is 96.6 cm³/mol. The number of nitrogens with one attached hydrogen (secondary N) is 1. The molecule has 0 aliphatic rings. The second-order valence-electron chi connectivity index (χ2n) is 5.83. The summed E-state index contributed by atoms with van der Waals surface area (Å²) < 4.78 is 23.2. The summed E-state index contributed by atoms with van der Waals surface area (Å²) in [7, 11) is 0. The van der Waals surface area contributed by atoms with Gasteiger partial charge in [0.2, 0.25) is 0 Å². The first-order valence-electron chi connectivity index (χ1n) is 8.38. The van der Waals surface area contributed by atoms with E-state index in [1.165, 1.54) is 31.2 Å². The molecule has 0 saturated heterocycles. The molecule has 1 amide bonds. The third-order valence-electron chi connectivity index (χ3n) is 3.81. The maximum atomic E-state index is 12.9. The lowest BCUT2D eigenvalue weighted by atomic mass is 10.1. The van der Waals surface area contributed by atoms with E-state index in [-0.39, 0.29) is 0 Å². The van der Waals surface area contributed by atoms with E-state index in [0.29, 0.717) is 5.75 Å². The van der Waals surface area contributed by atoms with E-state index in [1.807, 2.05) is 32.0 Å². The van der Waals surface area contributed by atoms with Crippen molar-refractivity contribution in [1.82, 2.24) is 0 Å². The third kappa shape index (κ3) is 5.31. The van der Waals surface area contributed by atoms with E-state index in [0.717, 1.165) is 23.2 Å². The minimum Gasteiger partial charge on any atom is -0.479 e. The average Bonchev–Trinajstić information content (AvgIpc) is 2.63. The Morgan fingerprint density at radius 1 is 1.15 bits per heavy atom. The molecule has 0 spiro atoms. The van der Waals surface area contributed by atoms with Crippen LogP contribution in [0.3, 0.4) is 0 Å². The van der Waals surface area contributed by atoms with Crippen molar-refractivity contribution in [3.63, 3.8) is 0 Å². The number of hydrogen-bond donors (Lipinski definition) is 1. The van der Waals surface area contributed by atoms with Crippen molar-refractivity contribution in [2.75, 3.05) is 11.9 Å². The summed E-state index contributed by atoms with van der Waals surface area (Å²) in [4.78, 5) is 24.0. The number of amides is 1. The van der Waals surface area contributed by atoms with Gasteiger partial charge in [0.25, 0.3) is 5.91 Å². The van der Waals surface area contributed by atoms with Crippen LogP contribution < -0.4 is 10.1 Å². The van der Waals surface area contributed by atoms with Gasteiger partial charge in [0, 0.05) is 5.69 Å². The second kappa shape index (κ2) is 8.99. The number of aryl methyl sites for hydroxylation is 2. The zero-order valence-corrected chi connectivity index (χ0v) is 15.0. The number of ether oxygens (including phenoxy) is 2. The molecule has 0 aliphatic heterocycles. The van der Waals surface area contributed by atoms with Crippen LogP contribution in [-0.2, 0) is 20.7 Å². The highest BCUT2D eigenvalue weighted by Crippen LogP contribution is 2.21. The van der Waals surface area contributed by atoms with Crippen molar-refractivity contribution in [2.24, 2.45) is 0 Å². The zero-order chi connectivity index (χ0) is 19.1. The summed E-state index contributed by atoms with van der Waals surface area (Å²) in [6.07, 6.45) is -0.141. The summed E-state index contributed by atoms with van der Waals surface area (Å²) in [5, 5.41) is 2.78. The van der Waals surface area contributed by atoms with Gasteiger partial charge in [0.1, 0.15) is 11.6 Å². The minimum absolute atomic E-state index is 0.341. The number of anilines is 1. The first kappa shape index (κ1) is 19.4. The normalized spacial score (nSPS) is 11.5. The molecule has 0 fully saturated rings. The number of hydrogen-bond acceptors (Lipinski definition) is 4. The summed E-state index contributed by atoms with van der Waals surface area (Å²) in [6, 6.07) is 11.1. The number of esters is 1. The Hall–Kier alpha value is -2.89. The average molecular weight is 359 g/mol. The lowest BCUT2D eigenvalue weighted by Crippen LogP contribution is -2.30. The Bertz CT molecular complexity index is 774. The van der Waals surface area contributed by atoms with Crippen molar-refractivity contribution in [2.45, 2.75) is 33.3 Å². The summed E-state index contributed by atoms with van der Waals surface area (Å²) in [5.74, 6) is -1.15. The first-order valence-corrected chi connectivity index (χ1v) is 8.38. The second-order valence-corrected chi connectivity index (χ2v) is 5.83. The molecular weight excluding hydrogens is 337 g/mol. The monoisotopic (exact) mass is 359 g/mol. The molecular formula is C20H22FNO4. The van der Waals surface area contributed by atoms with Gasteiger partial charge in [-0.15, -0.1) is 0 Å². The van der Waals surface area contributed by atoms with E-state index >= 15 is 0 Å². The summed E-state index contributed by atoms with van der Waals surface area (Å²) >= 11 is 0. The molecule has 2 rings (SSSR count). The molecule has 138 valence electrons. The zero-order valence-electron chi connectivity index (χ0n) is 15.0. The van der Waals surface area contributed by atoms with Gasteiger partial charge in [0.05, 0.1) is 0 Å². The molecule has 6 heteroatoms. The quantitative estimate of drug-likeness (QED) is 0.767. The van der Waals surface area contributed by atoms with Gasteiger partial charge in [-0.05, 0) is 55.7 Å². The largest absolute Gasteiger partial charge is 0.479 e. The fraction of sp³-hybridized carbons (Fsp3) is 0.300. The molecule has 0 radical (unpaired) electrons. The molecule has 1 N–H and O–H groups in total. The van der Waals surface area contributed by atoms with E-state index in [1.54, 1.807) is 0 Å². The van der Waals surface area contributed by atoms with Gasteiger partial charge in [-0.2, -0.15) is 0 Å². The topological polar surface area (TPSA) is 64.6 Å². The molecule has 0 heterocycles. The van der Waals surface area contributed by atoms with Crippen LogP contribution in [0.25, 0.3) is 0 Å². The molecule has 0 bridgehead atoms. The molecule has 26 heavy (non-hydrogen) atoms. The number of benzene rings is 2. The number of rotatable bonds is 7. The predicted octanol–water partition coefficient (Wildman–Crippen LogP) is 3.65. The standard InChI is InChI=1S/C20H22FNO4/c1-4-15-7-5-6-13(2)19(15)22-18(23)12-25-20(24)14(3)26-17-10-8-16(21)9-11-17/h5-11,14H,4,12H2,1-3H3,(H,22,23)/t14-/m0/s1. The Morgan fingerprint density at radius 3 is 2.50 bits per heavy atom.